The van der Waals surface area contributed by atoms with Gasteiger partial charge >= 0.3 is 0 Å². The van der Waals surface area contributed by atoms with Crippen LogP contribution in [0.15, 0.2) is 52.3 Å². The van der Waals surface area contributed by atoms with E-state index >= 15 is 0 Å². The van der Waals surface area contributed by atoms with Crippen molar-refractivity contribution in [3.8, 4) is 0 Å². The first-order valence-corrected chi connectivity index (χ1v) is 12.0. The third-order valence-electron chi connectivity index (χ3n) is 4.75. The minimum absolute atomic E-state index is 0.0914. The minimum atomic E-state index is -3.96. The highest BCUT2D eigenvalue weighted by atomic mass is 32.2. The molecule has 0 saturated carbocycles. The highest BCUT2D eigenvalue weighted by Gasteiger charge is 2.27. The van der Waals surface area contributed by atoms with E-state index in [2.05, 4.69) is 4.72 Å². The average Bonchev–Trinajstić information content (AvgIpc) is 2.93. The summed E-state index contributed by atoms with van der Waals surface area (Å²) in [5.74, 6) is -0.542. The molecule has 1 fully saturated rings. The topological polar surface area (TPSA) is 83.5 Å². The highest BCUT2D eigenvalue weighted by Crippen LogP contribution is 2.27. The summed E-state index contributed by atoms with van der Waals surface area (Å²) in [6.07, 6.45) is 3.63. The van der Waals surface area contributed by atoms with Crippen LogP contribution in [0.5, 0.6) is 0 Å². The van der Waals surface area contributed by atoms with Crippen LogP contribution in [0.1, 0.15) is 31.2 Å². The standard InChI is InChI=1S/C19H23FN2O4S2/c1-15-6-9-17(21-27(23,24)18-10-7-16(20)8-11-18)14-19(15)28(25,26)22-12-4-2-3-5-13-22/h6-11,14,21H,2-5,12-13H2,1H3. The molecule has 152 valence electrons. The molecule has 0 radical (unpaired) electrons. The molecule has 0 aromatic heterocycles. The van der Waals surface area contributed by atoms with Gasteiger partial charge < -0.3 is 0 Å². The number of anilines is 1. The summed E-state index contributed by atoms with van der Waals surface area (Å²) >= 11 is 0. The van der Waals surface area contributed by atoms with Gasteiger partial charge in [-0.2, -0.15) is 4.31 Å². The van der Waals surface area contributed by atoms with E-state index < -0.39 is 25.9 Å². The zero-order valence-electron chi connectivity index (χ0n) is 15.6. The smallest absolute Gasteiger partial charge is 0.261 e. The monoisotopic (exact) mass is 426 g/mol. The van der Waals surface area contributed by atoms with Crippen molar-refractivity contribution >= 4 is 25.7 Å². The fourth-order valence-electron chi connectivity index (χ4n) is 3.19. The van der Waals surface area contributed by atoms with E-state index in [0.717, 1.165) is 49.9 Å². The quantitative estimate of drug-likeness (QED) is 0.793. The maximum atomic E-state index is 13.1. The van der Waals surface area contributed by atoms with E-state index in [1.54, 1.807) is 13.0 Å². The van der Waals surface area contributed by atoms with Gasteiger partial charge in [-0.3, -0.25) is 4.72 Å². The van der Waals surface area contributed by atoms with Crippen molar-refractivity contribution in [1.82, 2.24) is 4.31 Å². The van der Waals surface area contributed by atoms with Crippen molar-refractivity contribution in [1.29, 1.82) is 0 Å². The Labute approximate surface area is 165 Å². The molecule has 6 nitrogen and oxygen atoms in total. The number of aryl methyl sites for hydroxylation is 1. The molecule has 0 bridgehead atoms. The lowest BCUT2D eigenvalue weighted by atomic mass is 10.2. The minimum Gasteiger partial charge on any atom is -0.280 e. The Balaban J connectivity index is 1.92. The van der Waals surface area contributed by atoms with Crippen LogP contribution in [-0.2, 0) is 20.0 Å². The molecule has 3 rings (SSSR count). The number of nitrogens with one attached hydrogen (secondary N) is 1. The van der Waals surface area contributed by atoms with Crippen LogP contribution in [-0.4, -0.2) is 34.2 Å². The third-order valence-corrected chi connectivity index (χ3v) is 8.18. The number of sulfonamides is 2. The molecule has 1 aliphatic heterocycles. The molecule has 0 atom stereocenters. The van der Waals surface area contributed by atoms with E-state index in [-0.39, 0.29) is 15.5 Å². The van der Waals surface area contributed by atoms with Crippen LogP contribution < -0.4 is 4.72 Å². The van der Waals surface area contributed by atoms with Crippen molar-refractivity contribution in [2.45, 2.75) is 42.4 Å². The van der Waals surface area contributed by atoms with Gasteiger partial charge in [0.05, 0.1) is 15.5 Å². The van der Waals surface area contributed by atoms with E-state index in [1.165, 1.54) is 16.4 Å². The molecular formula is C19H23FN2O4S2. The van der Waals surface area contributed by atoms with Crippen LogP contribution in [0, 0.1) is 12.7 Å². The molecule has 0 amide bonds. The van der Waals surface area contributed by atoms with Gasteiger partial charge in [-0.1, -0.05) is 18.9 Å². The second kappa shape index (κ2) is 8.18. The molecule has 0 spiro atoms. The van der Waals surface area contributed by atoms with Gasteiger partial charge in [0.1, 0.15) is 5.82 Å². The highest BCUT2D eigenvalue weighted by molar-refractivity contribution is 7.92. The van der Waals surface area contributed by atoms with Gasteiger partial charge in [0, 0.05) is 13.1 Å². The van der Waals surface area contributed by atoms with Crippen molar-refractivity contribution in [2.24, 2.45) is 0 Å². The molecule has 1 saturated heterocycles. The van der Waals surface area contributed by atoms with Gasteiger partial charge in [-0.05, 0) is 61.7 Å². The second-order valence-electron chi connectivity index (χ2n) is 6.86. The summed E-state index contributed by atoms with van der Waals surface area (Å²) < 4.78 is 68.1. The predicted octanol–water partition coefficient (Wildman–Crippen LogP) is 3.50. The Morgan fingerprint density at radius 1 is 0.893 bits per heavy atom. The van der Waals surface area contributed by atoms with Gasteiger partial charge in [0.25, 0.3) is 10.0 Å². The Kier molecular flexibility index (Phi) is 6.07. The van der Waals surface area contributed by atoms with Crippen LogP contribution in [0.3, 0.4) is 0 Å². The van der Waals surface area contributed by atoms with E-state index in [4.69, 9.17) is 0 Å². The lowest BCUT2D eigenvalue weighted by molar-refractivity contribution is 0.423. The number of benzene rings is 2. The lowest BCUT2D eigenvalue weighted by Gasteiger charge is -2.21. The van der Waals surface area contributed by atoms with Crippen LogP contribution in [0.2, 0.25) is 0 Å². The number of nitrogens with zero attached hydrogens (tertiary/aromatic N) is 1. The molecule has 0 unspecified atom stereocenters. The number of rotatable bonds is 5. The summed E-state index contributed by atoms with van der Waals surface area (Å²) in [6.45, 7) is 2.61. The summed E-state index contributed by atoms with van der Waals surface area (Å²) in [5.41, 5.74) is 0.692. The van der Waals surface area contributed by atoms with Crippen LogP contribution in [0.4, 0.5) is 10.1 Å². The fraction of sp³-hybridized carbons (Fsp3) is 0.368. The summed E-state index contributed by atoms with van der Waals surface area (Å²) in [5, 5.41) is 0. The Hall–Kier alpha value is -1.97. The first-order valence-electron chi connectivity index (χ1n) is 9.09. The largest absolute Gasteiger partial charge is 0.280 e. The molecule has 2 aromatic rings. The molecule has 28 heavy (non-hydrogen) atoms. The Morgan fingerprint density at radius 3 is 2.11 bits per heavy atom. The summed E-state index contributed by atoms with van der Waals surface area (Å²) in [4.78, 5) is -0.0138. The molecule has 0 aliphatic carbocycles. The van der Waals surface area contributed by atoms with Gasteiger partial charge in [0.2, 0.25) is 10.0 Å². The van der Waals surface area contributed by atoms with Crippen molar-refractivity contribution in [3.05, 3.63) is 53.8 Å². The molecule has 1 N–H and O–H groups in total. The molecular weight excluding hydrogens is 403 g/mol. The molecule has 2 aromatic carbocycles. The maximum absolute atomic E-state index is 13.1. The van der Waals surface area contributed by atoms with Crippen molar-refractivity contribution < 1.29 is 21.2 Å². The zero-order valence-corrected chi connectivity index (χ0v) is 17.2. The van der Waals surface area contributed by atoms with Crippen LogP contribution in [0.25, 0.3) is 0 Å². The number of hydrogen-bond donors (Lipinski definition) is 1. The number of halogens is 1. The summed E-state index contributed by atoms with van der Waals surface area (Å²) in [7, 11) is -7.68. The van der Waals surface area contributed by atoms with E-state index in [1.807, 2.05) is 0 Å². The maximum Gasteiger partial charge on any atom is 0.261 e. The van der Waals surface area contributed by atoms with Crippen LogP contribution >= 0.6 is 0 Å². The van der Waals surface area contributed by atoms with Gasteiger partial charge in [0.15, 0.2) is 0 Å². The molecule has 1 heterocycles. The fourth-order valence-corrected chi connectivity index (χ4v) is 6.01. The summed E-state index contributed by atoms with van der Waals surface area (Å²) in [6, 6.07) is 8.85. The van der Waals surface area contributed by atoms with Gasteiger partial charge in [-0.15, -0.1) is 0 Å². The molecule has 9 heteroatoms. The SMILES string of the molecule is Cc1ccc(NS(=O)(=O)c2ccc(F)cc2)cc1S(=O)(=O)N1CCCCCC1. The first kappa shape index (κ1) is 20.8. The normalized spacial score (nSPS) is 16.5. The lowest BCUT2D eigenvalue weighted by Crippen LogP contribution is -2.32. The van der Waals surface area contributed by atoms with E-state index in [0.29, 0.717) is 18.7 Å². The van der Waals surface area contributed by atoms with E-state index in [9.17, 15) is 21.2 Å². The molecule has 1 aliphatic rings. The van der Waals surface area contributed by atoms with Crippen molar-refractivity contribution in [3.63, 3.8) is 0 Å². The predicted molar refractivity (Wildman–Crippen MR) is 106 cm³/mol. The second-order valence-corrected chi connectivity index (χ2v) is 10.4. The van der Waals surface area contributed by atoms with Gasteiger partial charge in [-0.25, -0.2) is 21.2 Å². The van der Waals surface area contributed by atoms with Crippen molar-refractivity contribution in [2.75, 3.05) is 17.8 Å². The Bertz CT molecular complexity index is 1040. The third kappa shape index (κ3) is 4.53. The first-order chi connectivity index (χ1) is 13.2. The average molecular weight is 427 g/mol. The zero-order chi connectivity index (χ0) is 20.4. The Morgan fingerprint density at radius 2 is 1.50 bits per heavy atom. The number of hydrogen-bond acceptors (Lipinski definition) is 4.